The van der Waals surface area contributed by atoms with E-state index < -0.39 is 11.4 Å². The molecule has 6 nitrogen and oxygen atoms in total. The molecule has 0 bridgehead atoms. The van der Waals surface area contributed by atoms with Crippen LogP contribution in [0.3, 0.4) is 0 Å². The Kier molecular flexibility index (Phi) is 4.65. The van der Waals surface area contributed by atoms with Gasteiger partial charge in [0.25, 0.3) is 0 Å². The Morgan fingerprint density at radius 1 is 1.48 bits per heavy atom. The molecular formula is C15H23N3O3. The van der Waals surface area contributed by atoms with Crippen molar-refractivity contribution in [3.8, 4) is 5.88 Å². The summed E-state index contributed by atoms with van der Waals surface area (Å²) >= 11 is 0. The fraction of sp³-hybridized carbons (Fsp3) is 0.667. The maximum Gasteiger partial charge on any atom is 0.311 e. The van der Waals surface area contributed by atoms with Crippen LogP contribution >= 0.6 is 0 Å². The Balaban J connectivity index is 2.22. The third kappa shape index (κ3) is 3.25. The number of rotatable bonds is 6. The van der Waals surface area contributed by atoms with Crippen molar-refractivity contribution in [3.63, 3.8) is 0 Å². The Hall–Kier alpha value is -1.85. The molecule has 1 saturated heterocycles. The van der Waals surface area contributed by atoms with E-state index in [0.717, 1.165) is 12.2 Å². The second-order valence-electron chi connectivity index (χ2n) is 5.55. The number of ether oxygens (including phenoxy) is 1. The minimum Gasteiger partial charge on any atom is -0.481 e. The van der Waals surface area contributed by atoms with E-state index in [1.807, 2.05) is 25.7 Å². The Labute approximate surface area is 125 Å². The molecule has 1 unspecified atom stereocenters. The standard InChI is InChI=1S/C15H23N3O3/c1-4-6-15(14(19)20)7-8-18(10-15)12-9-13(21-5-2)17-11(3)16-12/h9H,4-8,10H2,1-3H3,(H,19,20). The van der Waals surface area contributed by atoms with Gasteiger partial charge in [0.2, 0.25) is 5.88 Å². The third-order valence-corrected chi connectivity index (χ3v) is 3.95. The van der Waals surface area contributed by atoms with Crippen LogP contribution in [0.25, 0.3) is 0 Å². The van der Waals surface area contributed by atoms with Crippen LogP contribution in [-0.4, -0.2) is 40.7 Å². The molecule has 0 amide bonds. The van der Waals surface area contributed by atoms with Crippen LogP contribution in [0.1, 0.15) is 38.9 Å². The molecule has 1 aliphatic heterocycles. The first-order chi connectivity index (χ1) is 10.0. The molecule has 0 saturated carbocycles. The first-order valence-corrected chi connectivity index (χ1v) is 7.47. The molecule has 1 aliphatic rings. The Morgan fingerprint density at radius 2 is 2.24 bits per heavy atom. The molecule has 21 heavy (non-hydrogen) atoms. The zero-order chi connectivity index (χ0) is 15.5. The summed E-state index contributed by atoms with van der Waals surface area (Å²) in [7, 11) is 0. The SMILES string of the molecule is CCCC1(C(=O)O)CCN(c2cc(OCC)nc(C)n2)C1. The van der Waals surface area contributed by atoms with Crippen LogP contribution in [0.2, 0.25) is 0 Å². The summed E-state index contributed by atoms with van der Waals surface area (Å²) in [5.74, 6) is 1.23. The maximum atomic E-state index is 11.6. The molecule has 0 spiro atoms. The molecule has 1 aromatic heterocycles. The van der Waals surface area contributed by atoms with E-state index in [-0.39, 0.29) is 0 Å². The third-order valence-electron chi connectivity index (χ3n) is 3.95. The van der Waals surface area contributed by atoms with Crippen molar-refractivity contribution < 1.29 is 14.6 Å². The van der Waals surface area contributed by atoms with Crippen LogP contribution in [0.4, 0.5) is 5.82 Å². The molecule has 0 aromatic carbocycles. The van der Waals surface area contributed by atoms with Crippen LogP contribution < -0.4 is 9.64 Å². The van der Waals surface area contributed by atoms with E-state index in [4.69, 9.17) is 4.74 Å². The average molecular weight is 293 g/mol. The van der Waals surface area contributed by atoms with E-state index in [1.54, 1.807) is 6.07 Å². The number of aryl methyl sites for hydroxylation is 1. The van der Waals surface area contributed by atoms with Gasteiger partial charge in [0, 0.05) is 19.2 Å². The number of nitrogens with zero attached hydrogens (tertiary/aromatic N) is 3. The quantitative estimate of drug-likeness (QED) is 0.867. The highest BCUT2D eigenvalue weighted by atomic mass is 16.5. The van der Waals surface area contributed by atoms with E-state index in [9.17, 15) is 9.90 Å². The van der Waals surface area contributed by atoms with Gasteiger partial charge < -0.3 is 14.7 Å². The fourth-order valence-corrected chi connectivity index (χ4v) is 2.94. The molecule has 116 valence electrons. The van der Waals surface area contributed by atoms with Crippen molar-refractivity contribution in [3.05, 3.63) is 11.9 Å². The normalized spacial score (nSPS) is 21.6. The van der Waals surface area contributed by atoms with Gasteiger partial charge in [-0.15, -0.1) is 0 Å². The minimum atomic E-state index is -0.706. The van der Waals surface area contributed by atoms with Gasteiger partial charge in [0.1, 0.15) is 11.6 Å². The first kappa shape index (κ1) is 15.5. The van der Waals surface area contributed by atoms with Crippen LogP contribution in [0.5, 0.6) is 5.88 Å². The summed E-state index contributed by atoms with van der Waals surface area (Å²) < 4.78 is 5.44. The molecule has 1 aromatic rings. The van der Waals surface area contributed by atoms with Crippen LogP contribution in [-0.2, 0) is 4.79 Å². The van der Waals surface area contributed by atoms with E-state index in [2.05, 4.69) is 9.97 Å². The van der Waals surface area contributed by atoms with Crippen LogP contribution in [0.15, 0.2) is 6.07 Å². The van der Waals surface area contributed by atoms with Crippen molar-refractivity contribution in [2.75, 3.05) is 24.6 Å². The van der Waals surface area contributed by atoms with Gasteiger partial charge in [-0.05, 0) is 26.7 Å². The molecule has 0 radical (unpaired) electrons. The number of carbonyl (C=O) groups is 1. The molecule has 1 N–H and O–H groups in total. The minimum absolute atomic E-state index is 0.498. The summed E-state index contributed by atoms with van der Waals surface area (Å²) in [6.07, 6.45) is 2.22. The highest BCUT2D eigenvalue weighted by Gasteiger charge is 2.44. The van der Waals surface area contributed by atoms with Crippen molar-refractivity contribution in [2.24, 2.45) is 5.41 Å². The zero-order valence-electron chi connectivity index (χ0n) is 12.9. The predicted octanol–water partition coefficient (Wildman–Crippen LogP) is 2.26. The van der Waals surface area contributed by atoms with Crippen molar-refractivity contribution in [2.45, 2.75) is 40.0 Å². The first-order valence-electron chi connectivity index (χ1n) is 7.47. The summed E-state index contributed by atoms with van der Waals surface area (Å²) in [6, 6.07) is 1.79. The molecule has 1 fully saturated rings. The van der Waals surface area contributed by atoms with Gasteiger partial charge >= 0.3 is 5.97 Å². The van der Waals surface area contributed by atoms with E-state index in [0.29, 0.717) is 44.2 Å². The van der Waals surface area contributed by atoms with E-state index >= 15 is 0 Å². The molecule has 0 aliphatic carbocycles. The lowest BCUT2D eigenvalue weighted by atomic mass is 9.83. The van der Waals surface area contributed by atoms with Crippen LogP contribution in [0, 0.1) is 12.3 Å². The van der Waals surface area contributed by atoms with Gasteiger partial charge in [0.15, 0.2) is 0 Å². The Morgan fingerprint density at radius 3 is 2.86 bits per heavy atom. The molecule has 2 rings (SSSR count). The van der Waals surface area contributed by atoms with Gasteiger partial charge in [-0.1, -0.05) is 13.3 Å². The molecule has 1 atom stereocenters. The summed E-state index contributed by atoms with van der Waals surface area (Å²) in [5.41, 5.74) is -0.653. The fourth-order valence-electron chi connectivity index (χ4n) is 2.94. The lowest BCUT2D eigenvalue weighted by Gasteiger charge is -2.24. The number of aliphatic carboxylic acids is 1. The summed E-state index contributed by atoms with van der Waals surface area (Å²) in [4.78, 5) is 22.3. The maximum absolute atomic E-state index is 11.6. The van der Waals surface area contributed by atoms with Gasteiger partial charge in [-0.3, -0.25) is 4.79 Å². The summed E-state index contributed by atoms with van der Waals surface area (Å²) in [6.45, 7) is 7.49. The van der Waals surface area contributed by atoms with Gasteiger partial charge in [0.05, 0.1) is 12.0 Å². The Bertz CT molecular complexity index is 521. The largest absolute Gasteiger partial charge is 0.481 e. The molecule has 2 heterocycles. The number of hydrogen-bond donors (Lipinski definition) is 1. The highest BCUT2D eigenvalue weighted by molar-refractivity contribution is 5.76. The second-order valence-corrected chi connectivity index (χ2v) is 5.55. The van der Waals surface area contributed by atoms with Crippen molar-refractivity contribution >= 4 is 11.8 Å². The molecular weight excluding hydrogens is 270 g/mol. The number of carboxylic acids is 1. The van der Waals surface area contributed by atoms with Crippen molar-refractivity contribution in [1.29, 1.82) is 0 Å². The predicted molar refractivity (Wildman–Crippen MR) is 79.7 cm³/mol. The number of hydrogen-bond acceptors (Lipinski definition) is 5. The van der Waals surface area contributed by atoms with Crippen molar-refractivity contribution in [1.82, 2.24) is 9.97 Å². The van der Waals surface area contributed by atoms with E-state index in [1.165, 1.54) is 0 Å². The lowest BCUT2D eigenvalue weighted by Crippen LogP contribution is -2.34. The van der Waals surface area contributed by atoms with Gasteiger partial charge in [-0.25, -0.2) is 4.98 Å². The molecule has 6 heteroatoms. The smallest absolute Gasteiger partial charge is 0.311 e. The van der Waals surface area contributed by atoms with Gasteiger partial charge in [-0.2, -0.15) is 4.98 Å². The average Bonchev–Trinajstić information content (AvgIpc) is 2.85. The monoisotopic (exact) mass is 293 g/mol. The number of carboxylic acid groups (broad SMARTS) is 1. The topological polar surface area (TPSA) is 75.5 Å². The number of aromatic nitrogens is 2. The number of anilines is 1. The summed E-state index contributed by atoms with van der Waals surface area (Å²) in [5, 5.41) is 9.57. The highest BCUT2D eigenvalue weighted by Crippen LogP contribution is 2.37. The zero-order valence-corrected chi connectivity index (χ0v) is 12.9. The lowest BCUT2D eigenvalue weighted by molar-refractivity contribution is -0.148. The second kappa shape index (κ2) is 6.28.